The lowest BCUT2D eigenvalue weighted by Crippen LogP contribution is -2.52. The summed E-state index contributed by atoms with van der Waals surface area (Å²) in [6.45, 7) is 8.76. The number of piperidine rings is 1. The van der Waals surface area contributed by atoms with Crippen LogP contribution in [0.25, 0.3) is 0 Å². The van der Waals surface area contributed by atoms with Gasteiger partial charge in [-0.3, -0.25) is 9.69 Å². The number of benzene rings is 1. The van der Waals surface area contributed by atoms with E-state index in [0.29, 0.717) is 11.9 Å². The smallest absolute Gasteiger partial charge is 0.230 e. The SMILES string of the molecule is CC(C)N1CCCC2(CCN(Cc3cncn3Cc3ccccc3)C2)C1=O. The minimum atomic E-state index is -0.160. The summed E-state index contributed by atoms with van der Waals surface area (Å²) < 4.78 is 2.23. The molecule has 0 N–H and O–H groups in total. The predicted molar refractivity (Wildman–Crippen MR) is 106 cm³/mol. The molecule has 1 unspecified atom stereocenters. The number of hydrogen-bond donors (Lipinski definition) is 0. The summed E-state index contributed by atoms with van der Waals surface area (Å²) in [6.07, 6.45) is 7.04. The van der Waals surface area contributed by atoms with Gasteiger partial charge in [0.1, 0.15) is 0 Å². The van der Waals surface area contributed by atoms with Crippen molar-refractivity contribution < 1.29 is 4.79 Å². The molecule has 2 saturated heterocycles. The molecule has 0 aliphatic carbocycles. The second kappa shape index (κ2) is 7.47. The van der Waals surface area contributed by atoms with E-state index in [0.717, 1.165) is 52.0 Å². The van der Waals surface area contributed by atoms with Gasteiger partial charge >= 0.3 is 0 Å². The summed E-state index contributed by atoms with van der Waals surface area (Å²) in [6, 6.07) is 10.8. The molecule has 0 saturated carbocycles. The van der Waals surface area contributed by atoms with Crippen molar-refractivity contribution in [2.75, 3.05) is 19.6 Å². The minimum Gasteiger partial charge on any atom is -0.340 e. The van der Waals surface area contributed by atoms with Crippen LogP contribution < -0.4 is 0 Å². The fraction of sp³-hybridized carbons (Fsp3) is 0.545. The van der Waals surface area contributed by atoms with Crippen LogP contribution in [0.3, 0.4) is 0 Å². The molecular formula is C22H30N4O. The van der Waals surface area contributed by atoms with Crippen LogP contribution in [-0.4, -0.2) is 50.9 Å². The molecule has 1 amide bonds. The molecule has 2 aromatic rings. The van der Waals surface area contributed by atoms with Crippen molar-refractivity contribution in [3.05, 3.63) is 54.1 Å². The maximum absolute atomic E-state index is 13.1. The molecule has 5 heteroatoms. The molecule has 3 heterocycles. The fourth-order valence-electron chi connectivity index (χ4n) is 4.70. The average molecular weight is 367 g/mol. The van der Waals surface area contributed by atoms with Gasteiger partial charge in [-0.15, -0.1) is 0 Å². The van der Waals surface area contributed by atoms with E-state index in [-0.39, 0.29) is 5.41 Å². The van der Waals surface area contributed by atoms with Crippen molar-refractivity contribution in [1.82, 2.24) is 19.4 Å². The zero-order valence-electron chi connectivity index (χ0n) is 16.5. The summed E-state index contributed by atoms with van der Waals surface area (Å²) in [5.41, 5.74) is 2.34. The third-order valence-corrected chi connectivity index (χ3v) is 6.20. The van der Waals surface area contributed by atoms with E-state index in [2.05, 4.69) is 57.5 Å². The van der Waals surface area contributed by atoms with E-state index < -0.39 is 0 Å². The van der Waals surface area contributed by atoms with Gasteiger partial charge in [0.2, 0.25) is 5.91 Å². The van der Waals surface area contributed by atoms with Gasteiger partial charge < -0.3 is 9.47 Å². The molecule has 1 atom stereocenters. The van der Waals surface area contributed by atoms with Crippen LogP contribution in [0.2, 0.25) is 0 Å². The molecule has 1 aromatic heterocycles. The number of likely N-dealkylation sites (tertiary alicyclic amines) is 2. The highest BCUT2D eigenvalue weighted by molar-refractivity contribution is 5.84. The Bertz CT molecular complexity index is 785. The molecule has 2 aliphatic heterocycles. The van der Waals surface area contributed by atoms with Crippen LogP contribution in [0.1, 0.15) is 44.4 Å². The van der Waals surface area contributed by atoms with Crippen LogP contribution in [0.15, 0.2) is 42.9 Å². The van der Waals surface area contributed by atoms with E-state index in [1.165, 1.54) is 11.3 Å². The van der Waals surface area contributed by atoms with Crippen molar-refractivity contribution in [3.63, 3.8) is 0 Å². The lowest BCUT2D eigenvalue weighted by molar-refractivity contribution is -0.147. The van der Waals surface area contributed by atoms with Crippen molar-refractivity contribution in [2.45, 2.75) is 52.2 Å². The van der Waals surface area contributed by atoms with E-state index >= 15 is 0 Å². The molecule has 2 aliphatic rings. The molecule has 1 aromatic carbocycles. The van der Waals surface area contributed by atoms with Gasteiger partial charge in [-0.05, 0) is 45.2 Å². The average Bonchev–Trinajstić information content (AvgIpc) is 3.26. The molecule has 2 fully saturated rings. The van der Waals surface area contributed by atoms with E-state index in [4.69, 9.17) is 0 Å². The summed E-state index contributed by atoms with van der Waals surface area (Å²) in [4.78, 5) is 22.0. The first-order valence-corrected chi connectivity index (χ1v) is 10.1. The van der Waals surface area contributed by atoms with Crippen molar-refractivity contribution in [3.8, 4) is 0 Å². The summed E-state index contributed by atoms with van der Waals surface area (Å²) in [5, 5.41) is 0. The molecule has 27 heavy (non-hydrogen) atoms. The summed E-state index contributed by atoms with van der Waals surface area (Å²) in [5.74, 6) is 0.379. The van der Waals surface area contributed by atoms with E-state index in [1.807, 2.05) is 18.6 Å². The molecule has 5 nitrogen and oxygen atoms in total. The van der Waals surface area contributed by atoms with Gasteiger partial charge in [0.05, 0.1) is 17.4 Å². The highest BCUT2D eigenvalue weighted by Gasteiger charge is 2.48. The van der Waals surface area contributed by atoms with Gasteiger partial charge in [-0.1, -0.05) is 30.3 Å². The van der Waals surface area contributed by atoms with Crippen LogP contribution in [0, 0.1) is 5.41 Å². The maximum atomic E-state index is 13.1. The summed E-state index contributed by atoms with van der Waals surface area (Å²) >= 11 is 0. The van der Waals surface area contributed by atoms with E-state index in [1.54, 1.807) is 0 Å². The zero-order chi connectivity index (χ0) is 18.9. The quantitative estimate of drug-likeness (QED) is 0.816. The Morgan fingerprint density at radius 3 is 2.70 bits per heavy atom. The van der Waals surface area contributed by atoms with Crippen LogP contribution in [-0.2, 0) is 17.9 Å². The van der Waals surface area contributed by atoms with Crippen LogP contribution in [0.4, 0.5) is 0 Å². The maximum Gasteiger partial charge on any atom is 0.230 e. The number of aromatic nitrogens is 2. The Morgan fingerprint density at radius 2 is 1.93 bits per heavy atom. The Balaban J connectivity index is 1.44. The molecule has 4 rings (SSSR count). The van der Waals surface area contributed by atoms with E-state index in [9.17, 15) is 4.79 Å². The van der Waals surface area contributed by atoms with Gasteiger partial charge in [0.25, 0.3) is 0 Å². The first kappa shape index (κ1) is 18.2. The van der Waals surface area contributed by atoms with Crippen molar-refractivity contribution in [2.24, 2.45) is 5.41 Å². The number of rotatable bonds is 5. The molecule has 1 spiro atoms. The normalized spacial score (nSPS) is 23.7. The second-order valence-electron chi connectivity index (χ2n) is 8.44. The lowest BCUT2D eigenvalue weighted by atomic mass is 9.78. The second-order valence-corrected chi connectivity index (χ2v) is 8.44. The van der Waals surface area contributed by atoms with Crippen LogP contribution in [0.5, 0.6) is 0 Å². The Kier molecular flexibility index (Phi) is 5.04. The number of carbonyl (C=O) groups excluding carboxylic acids is 1. The topological polar surface area (TPSA) is 41.4 Å². The van der Waals surface area contributed by atoms with Crippen LogP contribution >= 0.6 is 0 Å². The monoisotopic (exact) mass is 366 g/mol. The molecular weight excluding hydrogens is 336 g/mol. The number of imidazole rings is 1. The number of hydrogen-bond acceptors (Lipinski definition) is 3. The van der Waals surface area contributed by atoms with Gasteiger partial charge in [0.15, 0.2) is 0 Å². The summed E-state index contributed by atoms with van der Waals surface area (Å²) in [7, 11) is 0. The fourth-order valence-corrected chi connectivity index (χ4v) is 4.70. The molecule has 0 radical (unpaired) electrons. The van der Waals surface area contributed by atoms with Gasteiger partial charge in [-0.25, -0.2) is 4.98 Å². The number of nitrogens with zero attached hydrogens (tertiary/aromatic N) is 4. The van der Waals surface area contributed by atoms with Crippen molar-refractivity contribution in [1.29, 1.82) is 0 Å². The number of amides is 1. The standard InChI is InChI=1S/C22H30N4O/c1-18(2)26-11-6-9-22(21(26)27)10-12-24(16-22)15-20-13-23-17-25(20)14-19-7-4-3-5-8-19/h3-5,7-8,13,17-18H,6,9-12,14-16H2,1-2H3. The molecule has 144 valence electrons. The Morgan fingerprint density at radius 1 is 1.11 bits per heavy atom. The molecule has 0 bridgehead atoms. The highest BCUT2D eigenvalue weighted by Crippen LogP contribution is 2.41. The van der Waals surface area contributed by atoms with Gasteiger partial charge in [-0.2, -0.15) is 0 Å². The van der Waals surface area contributed by atoms with Crippen molar-refractivity contribution >= 4 is 5.91 Å². The third kappa shape index (κ3) is 3.65. The zero-order valence-corrected chi connectivity index (χ0v) is 16.5. The number of carbonyl (C=O) groups is 1. The first-order valence-electron chi connectivity index (χ1n) is 10.1. The lowest BCUT2D eigenvalue weighted by Gasteiger charge is -2.41. The minimum absolute atomic E-state index is 0.160. The van der Waals surface area contributed by atoms with Gasteiger partial charge in [0, 0.05) is 38.4 Å². The predicted octanol–water partition coefficient (Wildman–Crippen LogP) is 3.15. The first-order chi connectivity index (χ1) is 13.1. The highest BCUT2D eigenvalue weighted by atomic mass is 16.2. The Labute approximate surface area is 162 Å². The largest absolute Gasteiger partial charge is 0.340 e. The third-order valence-electron chi connectivity index (χ3n) is 6.20. The Hall–Kier alpha value is -2.14.